The van der Waals surface area contributed by atoms with Gasteiger partial charge < -0.3 is 19.5 Å². The van der Waals surface area contributed by atoms with Crippen molar-refractivity contribution in [3.63, 3.8) is 0 Å². The number of nitrogens with zero attached hydrogens (tertiary/aromatic N) is 1. The van der Waals surface area contributed by atoms with Crippen LogP contribution in [0.25, 0.3) is 0 Å². The third-order valence-corrected chi connectivity index (χ3v) is 4.31. The maximum Gasteiger partial charge on any atom is 0.0750 e. The lowest BCUT2D eigenvalue weighted by Gasteiger charge is -2.34. The molecule has 0 amide bonds. The minimum atomic E-state index is 0.249. The minimum absolute atomic E-state index is 0.249. The molecule has 5 heteroatoms. The standard InChI is InChI=1S/C15H30N2O3/c1-12-11-18-8-5-17(12)6-9-19-13(2)10-15-14(3)16-4-7-20-15/h12-16H,4-11H2,1-3H3. The summed E-state index contributed by atoms with van der Waals surface area (Å²) in [5.74, 6) is 0. The van der Waals surface area contributed by atoms with Crippen molar-refractivity contribution in [1.82, 2.24) is 10.2 Å². The Morgan fingerprint density at radius 3 is 2.95 bits per heavy atom. The van der Waals surface area contributed by atoms with E-state index in [1.54, 1.807) is 0 Å². The van der Waals surface area contributed by atoms with Gasteiger partial charge >= 0.3 is 0 Å². The van der Waals surface area contributed by atoms with E-state index in [0.29, 0.717) is 12.1 Å². The number of hydrogen-bond donors (Lipinski definition) is 1. The Balaban J connectivity index is 1.60. The summed E-state index contributed by atoms with van der Waals surface area (Å²) in [6, 6.07) is 0.933. The Kier molecular flexibility index (Phi) is 6.71. The van der Waals surface area contributed by atoms with Gasteiger partial charge in [0.05, 0.1) is 38.6 Å². The molecule has 0 aliphatic carbocycles. The molecule has 4 unspecified atom stereocenters. The zero-order valence-electron chi connectivity index (χ0n) is 13.1. The normalized spacial score (nSPS) is 34.0. The van der Waals surface area contributed by atoms with Gasteiger partial charge in [0, 0.05) is 38.1 Å². The van der Waals surface area contributed by atoms with Crippen molar-refractivity contribution in [2.45, 2.75) is 51.5 Å². The molecule has 0 saturated carbocycles. The van der Waals surface area contributed by atoms with E-state index < -0.39 is 0 Å². The first-order chi connectivity index (χ1) is 9.66. The van der Waals surface area contributed by atoms with Crippen LogP contribution in [0, 0.1) is 0 Å². The van der Waals surface area contributed by atoms with Crippen molar-refractivity contribution in [1.29, 1.82) is 0 Å². The van der Waals surface area contributed by atoms with Crippen LogP contribution in [0.1, 0.15) is 27.2 Å². The van der Waals surface area contributed by atoms with Crippen LogP contribution < -0.4 is 5.32 Å². The Labute approximate surface area is 122 Å². The van der Waals surface area contributed by atoms with Crippen LogP contribution in [0.2, 0.25) is 0 Å². The SMILES string of the molecule is CC(CC1OCCNC1C)OCCN1CCOCC1C. The van der Waals surface area contributed by atoms with Crippen LogP contribution in [0.5, 0.6) is 0 Å². The number of nitrogens with one attached hydrogen (secondary N) is 1. The molecule has 1 N–H and O–H groups in total. The van der Waals surface area contributed by atoms with Crippen molar-refractivity contribution in [2.75, 3.05) is 46.1 Å². The summed E-state index contributed by atoms with van der Waals surface area (Å²) in [5, 5.41) is 3.45. The van der Waals surface area contributed by atoms with Crippen LogP contribution in [-0.2, 0) is 14.2 Å². The van der Waals surface area contributed by atoms with Gasteiger partial charge in [0.2, 0.25) is 0 Å². The molecule has 118 valence electrons. The van der Waals surface area contributed by atoms with Gasteiger partial charge in [0.15, 0.2) is 0 Å². The third kappa shape index (κ3) is 4.97. The number of rotatable bonds is 6. The summed E-state index contributed by atoms with van der Waals surface area (Å²) >= 11 is 0. The van der Waals surface area contributed by atoms with E-state index in [1.807, 2.05) is 0 Å². The quantitative estimate of drug-likeness (QED) is 0.785. The molecule has 20 heavy (non-hydrogen) atoms. The Bertz CT molecular complexity index is 278. The van der Waals surface area contributed by atoms with Crippen LogP contribution in [0.15, 0.2) is 0 Å². The predicted octanol–water partition coefficient (Wildman–Crippen LogP) is 0.879. The Hall–Kier alpha value is -0.200. The van der Waals surface area contributed by atoms with Gasteiger partial charge in [-0.15, -0.1) is 0 Å². The lowest BCUT2D eigenvalue weighted by atomic mass is 10.1. The van der Waals surface area contributed by atoms with Gasteiger partial charge in [0.1, 0.15) is 0 Å². The predicted molar refractivity (Wildman–Crippen MR) is 79.1 cm³/mol. The van der Waals surface area contributed by atoms with E-state index in [2.05, 4.69) is 31.0 Å². The summed E-state index contributed by atoms with van der Waals surface area (Å²) in [5.41, 5.74) is 0. The summed E-state index contributed by atoms with van der Waals surface area (Å²) in [4.78, 5) is 2.44. The number of ether oxygens (including phenoxy) is 3. The highest BCUT2D eigenvalue weighted by Crippen LogP contribution is 2.13. The van der Waals surface area contributed by atoms with Gasteiger partial charge in [0.25, 0.3) is 0 Å². The van der Waals surface area contributed by atoms with E-state index in [9.17, 15) is 0 Å². The molecule has 0 aromatic rings. The molecule has 0 bridgehead atoms. The molecule has 5 nitrogen and oxygen atoms in total. The van der Waals surface area contributed by atoms with Gasteiger partial charge in [-0.05, 0) is 20.8 Å². The molecule has 2 rings (SSSR count). The van der Waals surface area contributed by atoms with Crippen LogP contribution in [0.3, 0.4) is 0 Å². The molecule has 0 aromatic carbocycles. The average Bonchev–Trinajstić information content (AvgIpc) is 2.43. The lowest BCUT2D eigenvalue weighted by molar-refractivity contribution is -0.0528. The smallest absolute Gasteiger partial charge is 0.0750 e. The summed E-state index contributed by atoms with van der Waals surface area (Å²) in [7, 11) is 0. The maximum atomic E-state index is 5.95. The first-order valence-electron chi connectivity index (χ1n) is 7.95. The van der Waals surface area contributed by atoms with Crippen molar-refractivity contribution < 1.29 is 14.2 Å². The van der Waals surface area contributed by atoms with Crippen LogP contribution >= 0.6 is 0 Å². The average molecular weight is 286 g/mol. The van der Waals surface area contributed by atoms with E-state index >= 15 is 0 Å². The highest BCUT2D eigenvalue weighted by molar-refractivity contribution is 4.79. The highest BCUT2D eigenvalue weighted by atomic mass is 16.5. The molecule has 0 spiro atoms. The summed E-state index contributed by atoms with van der Waals surface area (Å²) in [6.07, 6.45) is 1.49. The van der Waals surface area contributed by atoms with Crippen LogP contribution in [-0.4, -0.2) is 75.3 Å². The van der Waals surface area contributed by atoms with Gasteiger partial charge in [-0.2, -0.15) is 0 Å². The first-order valence-corrected chi connectivity index (χ1v) is 7.95. The second-order valence-electron chi connectivity index (χ2n) is 6.03. The topological polar surface area (TPSA) is 43.0 Å². The van der Waals surface area contributed by atoms with E-state index in [0.717, 1.165) is 52.5 Å². The Morgan fingerprint density at radius 1 is 1.35 bits per heavy atom. The molecule has 2 aliphatic heterocycles. The van der Waals surface area contributed by atoms with Crippen molar-refractivity contribution in [2.24, 2.45) is 0 Å². The molecule has 0 aromatic heterocycles. The molecule has 0 radical (unpaired) electrons. The molecule has 2 fully saturated rings. The summed E-state index contributed by atoms with van der Waals surface area (Å²) < 4.78 is 17.2. The largest absolute Gasteiger partial charge is 0.379 e. The fourth-order valence-electron chi connectivity index (χ4n) is 2.90. The van der Waals surface area contributed by atoms with Crippen molar-refractivity contribution in [3.05, 3.63) is 0 Å². The van der Waals surface area contributed by atoms with Crippen molar-refractivity contribution in [3.8, 4) is 0 Å². The summed E-state index contributed by atoms with van der Waals surface area (Å²) in [6.45, 7) is 12.8. The fraction of sp³-hybridized carbons (Fsp3) is 1.00. The molecule has 2 heterocycles. The zero-order valence-corrected chi connectivity index (χ0v) is 13.1. The fourth-order valence-corrected chi connectivity index (χ4v) is 2.90. The molecular weight excluding hydrogens is 256 g/mol. The van der Waals surface area contributed by atoms with E-state index in [1.165, 1.54) is 0 Å². The van der Waals surface area contributed by atoms with Crippen LogP contribution in [0.4, 0.5) is 0 Å². The minimum Gasteiger partial charge on any atom is -0.379 e. The monoisotopic (exact) mass is 286 g/mol. The van der Waals surface area contributed by atoms with Gasteiger partial charge in [-0.3, -0.25) is 4.90 Å². The van der Waals surface area contributed by atoms with E-state index in [4.69, 9.17) is 14.2 Å². The van der Waals surface area contributed by atoms with Gasteiger partial charge in [-0.25, -0.2) is 0 Å². The molecule has 2 saturated heterocycles. The lowest BCUT2D eigenvalue weighted by Crippen LogP contribution is -2.48. The molecule has 4 atom stereocenters. The Morgan fingerprint density at radius 2 is 2.20 bits per heavy atom. The molecule has 2 aliphatic rings. The van der Waals surface area contributed by atoms with E-state index in [-0.39, 0.29) is 12.2 Å². The number of hydrogen-bond acceptors (Lipinski definition) is 5. The maximum absolute atomic E-state index is 5.95. The second kappa shape index (κ2) is 8.29. The molecular formula is C15H30N2O3. The zero-order chi connectivity index (χ0) is 14.4. The van der Waals surface area contributed by atoms with Gasteiger partial charge in [-0.1, -0.05) is 0 Å². The number of morpholine rings is 2. The third-order valence-electron chi connectivity index (χ3n) is 4.31. The highest BCUT2D eigenvalue weighted by Gasteiger charge is 2.24. The first kappa shape index (κ1) is 16.2. The second-order valence-corrected chi connectivity index (χ2v) is 6.03. The van der Waals surface area contributed by atoms with Crippen molar-refractivity contribution >= 4 is 0 Å².